The molecule has 11 heteroatoms. The SMILES string of the molecule is CSCC[C@H](N)C(=O)N[C@@H](CCCN=C(N)N)C(=O)N1CCC[C@H]1C(=O)O. The average Bonchev–Trinajstić information content (AvgIpc) is 3.11. The monoisotopic (exact) mass is 402 g/mol. The number of nitrogens with two attached hydrogens (primary N) is 3. The van der Waals surface area contributed by atoms with Gasteiger partial charge in [0.25, 0.3) is 0 Å². The zero-order chi connectivity index (χ0) is 20.4. The molecule has 0 aliphatic carbocycles. The maximum absolute atomic E-state index is 12.9. The molecular weight excluding hydrogens is 372 g/mol. The number of carboxylic acids is 1. The number of thioether (sulfide) groups is 1. The van der Waals surface area contributed by atoms with Gasteiger partial charge in [0.2, 0.25) is 11.8 Å². The van der Waals surface area contributed by atoms with E-state index in [2.05, 4.69) is 10.3 Å². The van der Waals surface area contributed by atoms with Gasteiger partial charge in [0.05, 0.1) is 6.04 Å². The first kappa shape index (κ1) is 23.0. The van der Waals surface area contributed by atoms with Gasteiger partial charge in [-0.15, -0.1) is 0 Å². The molecule has 2 amide bonds. The standard InChI is InChI=1S/C16H30N6O4S/c1-27-9-6-10(17)13(23)21-11(4-2-7-20-16(18)19)14(24)22-8-3-5-12(22)15(25)26/h10-12H,2-9,17H2,1H3,(H,21,23)(H,25,26)(H4,18,19,20)/t10-,11-,12-/m0/s1. The Hall–Kier alpha value is -2.01. The van der Waals surface area contributed by atoms with E-state index in [4.69, 9.17) is 17.2 Å². The quantitative estimate of drug-likeness (QED) is 0.160. The highest BCUT2D eigenvalue weighted by molar-refractivity contribution is 7.98. The molecular formula is C16H30N6O4S. The third-order valence-corrected chi connectivity index (χ3v) is 4.99. The summed E-state index contributed by atoms with van der Waals surface area (Å²) in [5, 5.41) is 12.0. The van der Waals surface area contributed by atoms with Gasteiger partial charge >= 0.3 is 5.97 Å². The molecule has 27 heavy (non-hydrogen) atoms. The van der Waals surface area contributed by atoms with Crippen molar-refractivity contribution < 1.29 is 19.5 Å². The van der Waals surface area contributed by atoms with Crippen molar-refractivity contribution in [2.24, 2.45) is 22.2 Å². The molecule has 0 bridgehead atoms. The van der Waals surface area contributed by atoms with Crippen LogP contribution in [-0.2, 0) is 14.4 Å². The van der Waals surface area contributed by atoms with E-state index in [9.17, 15) is 19.5 Å². The minimum Gasteiger partial charge on any atom is -0.480 e. The number of nitrogens with one attached hydrogen (secondary N) is 1. The molecule has 154 valence electrons. The summed E-state index contributed by atoms with van der Waals surface area (Å²) in [6.07, 6.45) is 4.18. The normalized spacial score (nSPS) is 18.6. The van der Waals surface area contributed by atoms with Crippen LogP contribution in [-0.4, -0.2) is 77.0 Å². The first-order chi connectivity index (χ1) is 12.8. The van der Waals surface area contributed by atoms with Gasteiger partial charge in [0.1, 0.15) is 12.1 Å². The summed E-state index contributed by atoms with van der Waals surface area (Å²) in [6.45, 7) is 0.664. The van der Waals surface area contributed by atoms with E-state index in [1.165, 1.54) is 4.90 Å². The van der Waals surface area contributed by atoms with E-state index in [0.29, 0.717) is 45.2 Å². The lowest BCUT2D eigenvalue weighted by Crippen LogP contribution is -2.54. The number of hydrogen-bond donors (Lipinski definition) is 5. The smallest absolute Gasteiger partial charge is 0.326 e. The number of carbonyl (C=O) groups is 3. The van der Waals surface area contributed by atoms with E-state index in [1.54, 1.807) is 11.8 Å². The predicted octanol–water partition coefficient (Wildman–Crippen LogP) is -1.32. The second-order valence-corrected chi connectivity index (χ2v) is 7.41. The Labute approximate surface area is 163 Å². The van der Waals surface area contributed by atoms with Crippen LogP contribution in [0.5, 0.6) is 0 Å². The second kappa shape index (κ2) is 11.7. The van der Waals surface area contributed by atoms with Gasteiger partial charge in [-0.3, -0.25) is 14.6 Å². The zero-order valence-electron chi connectivity index (χ0n) is 15.6. The van der Waals surface area contributed by atoms with Crippen LogP contribution >= 0.6 is 11.8 Å². The third kappa shape index (κ3) is 7.63. The number of carboxylic acid groups (broad SMARTS) is 1. The summed E-state index contributed by atoms with van der Waals surface area (Å²) in [5.41, 5.74) is 16.4. The summed E-state index contributed by atoms with van der Waals surface area (Å²) >= 11 is 1.58. The van der Waals surface area contributed by atoms with Crippen LogP contribution in [0.15, 0.2) is 4.99 Å². The summed E-state index contributed by atoms with van der Waals surface area (Å²) in [7, 11) is 0. The van der Waals surface area contributed by atoms with Crippen LogP contribution in [0.2, 0.25) is 0 Å². The third-order valence-electron chi connectivity index (χ3n) is 4.35. The Balaban J connectivity index is 2.79. The van der Waals surface area contributed by atoms with Gasteiger partial charge in [-0.1, -0.05) is 0 Å². The maximum atomic E-state index is 12.9. The molecule has 0 unspecified atom stereocenters. The van der Waals surface area contributed by atoms with Crippen LogP contribution in [0.3, 0.4) is 0 Å². The lowest BCUT2D eigenvalue weighted by Gasteiger charge is -2.28. The highest BCUT2D eigenvalue weighted by Crippen LogP contribution is 2.19. The molecule has 0 saturated carbocycles. The molecule has 8 N–H and O–H groups in total. The van der Waals surface area contributed by atoms with E-state index in [1.807, 2.05) is 6.26 Å². The summed E-state index contributed by atoms with van der Waals surface area (Å²) < 4.78 is 0. The molecule has 0 aromatic heterocycles. The fourth-order valence-corrected chi connectivity index (χ4v) is 3.39. The fraction of sp³-hybridized carbons (Fsp3) is 0.750. The number of aliphatic imine (C=N–C) groups is 1. The molecule has 1 fully saturated rings. The zero-order valence-corrected chi connectivity index (χ0v) is 16.4. The fourth-order valence-electron chi connectivity index (χ4n) is 2.90. The van der Waals surface area contributed by atoms with Crippen LogP contribution in [0.4, 0.5) is 0 Å². The van der Waals surface area contributed by atoms with E-state index < -0.39 is 35.9 Å². The van der Waals surface area contributed by atoms with Crippen molar-refractivity contribution in [1.82, 2.24) is 10.2 Å². The van der Waals surface area contributed by atoms with Gasteiger partial charge in [0.15, 0.2) is 5.96 Å². The molecule has 1 aliphatic heterocycles. The molecule has 0 radical (unpaired) electrons. The minimum absolute atomic E-state index is 0.0496. The van der Waals surface area contributed by atoms with Crippen LogP contribution in [0.1, 0.15) is 32.1 Å². The number of aliphatic carboxylic acids is 1. The molecule has 0 spiro atoms. The van der Waals surface area contributed by atoms with Crippen molar-refractivity contribution in [3.8, 4) is 0 Å². The minimum atomic E-state index is -1.04. The molecule has 0 aromatic carbocycles. The highest BCUT2D eigenvalue weighted by Gasteiger charge is 2.37. The van der Waals surface area contributed by atoms with Crippen molar-refractivity contribution in [3.05, 3.63) is 0 Å². The van der Waals surface area contributed by atoms with Crippen LogP contribution < -0.4 is 22.5 Å². The van der Waals surface area contributed by atoms with Gasteiger partial charge in [0, 0.05) is 13.1 Å². The van der Waals surface area contributed by atoms with Gasteiger partial charge in [-0.05, 0) is 44.1 Å². The van der Waals surface area contributed by atoms with Crippen molar-refractivity contribution >= 4 is 35.5 Å². The molecule has 1 heterocycles. The van der Waals surface area contributed by atoms with Crippen molar-refractivity contribution in [2.45, 2.75) is 50.2 Å². The number of carbonyl (C=O) groups excluding carboxylic acids is 2. The molecule has 10 nitrogen and oxygen atoms in total. The number of likely N-dealkylation sites (tertiary alicyclic amines) is 1. The Morgan fingerprint density at radius 1 is 1.33 bits per heavy atom. The maximum Gasteiger partial charge on any atom is 0.326 e. The van der Waals surface area contributed by atoms with Crippen molar-refractivity contribution in [3.63, 3.8) is 0 Å². The van der Waals surface area contributed by atoms with Crippen LogP contribution in [0, 0.1) is 0 Å². The summed E-state index contributed by atoms with van der Waals surface area (Å²) in [4.78, 5) is 41.8. The molecule has 3 atom stereocenters. The number of nitrogens with zero attached hydrogens (tertiary/aromatic N) is 2. The van der Waals surface area contributed by atoms with Gasteiger partial charge in [-0.2, -0.15) is 11.8 Å². The van der Waals surface area contributed by atoms with Crippen molar-refractivity contribution in [1.29, 1.82) is 0 Å². The van der Waals surface area contributed by atoms with Crippen molar-refractivity contribution in [2.75, 3.05) is 25.1 Å². The number of rotatable bonds is 11. The Kier molecular flexibility index (Phi) is 9.94. The number of guanidine groups is 1. The number of hydrogen-bond acceptors (Lipinski definition) is 6. The second-order valence-electron chi connectivity index (χ2n) is 6.43. The molecule has 1 rings (SSSR count). The first-order valence-electron chi connectivity index (χ1n) is 8.91. The highest BCUT2D eigenvalue weighted by atomic mass is 32.2. The van der Waals surface area contributed by atoms with Gasteiger partial charge in [-0.25, -0.2) is 4.79 Å². The van der Waals surface area contributed by atoms with Crippen LogP contribution in [0.25, 0.3) is 0 Å². The molecule has 1 saturated heterocycles. The lowest BCUT2D eigenvalue weighted by molar-refractivity contribution is -0.149. The Morgan fingerprint density at radius 2 is 2.04 bits per heavy atom. The first-order valence-corrected chi connectivity index (χ1v) is 10.3. The van der Waals surface area contributed by atoms with Gasteiger partial charge < -0.3 is 32.5 Å². The summed E-state index contributed by atoms with van der Waals surface area (Å²) in [6, 6.07) is -2.44. The Morgan fingerprint density at radius 3 is 2.63 bits per heavy atom. The molecule has 1 aliphatic rings. The van der Waals surface area contributed by atoms with E-state index >= 15 is 0 Å². The number of amides is 2. The predicted molar refractivity (Wildman–Crippen MR) is 105 cm³/mol. The topological polar surface area (TPSA) is 177 Å². The van der Waals surface area contributed by atoms with E-state index in [-0.39, 0.29) is 5.96 Å². The summed E-state index contributed by atoms with van der Waals surface area (Å²) in [5.74, 6) is -1.19. The Bertz CT molecular complexity index is 555. The largest absolute Gasteiger partial charge is 0.480 e. The van der Waals surface area contributed by atoms with E-state index in [0.717, 1.165) is 5.75 Å². The lowest BCUT2D eigenvalue weighted by atomic mass is 10.1. The molecule has 0 aromatic rings. The average molecular weight is 403 g/mol.